The summed E-state index contributed by atoms with van der Waals surface area (Å²) in [6.07, 6.45) is 5.62. The Balaban J connectivity index is 1.10. The molecular weight excluding hydrogens is 904 g/mol. The van der Waals surface area contributed by atoms with E-state index in [-0.39, 0.29) is 11.1 Å². The van der Waals surface area contributed by atoms with Gasteiger partial charge in [-0.25, -0.2) is 43.9 Å². The summed E-state index contributed by atoms with van der Waals surface area (Å²) in [4.78, 5) is 0. The van der Waals surface area contributed by atoms with Gasteiger partial charge < -0.3 is 27.6 Å². The van der Waals surface area contributed by atoms with Crippen LogP contribution in [0.2, 0.25) is 0 Å². The summed E-state index contributed by atoms with van der Waals surface area (Å²) in [5.41, 5.74) is -1.74. The number of benzene rings is 6. The summed E-state index contributed by atoms with van der Waals surface area (Å²) in [5, 5.41) is 0. The predicted molar refractivity (Wildman–Crippen MR) is 227 cm³/mol. The van der Waals surface area contributed by atoms with Gasteiger partial charge in [-0.2, -0.15) is 0 Å². The van der Waals surface area contributed by atoms with E-state index in [0.717, 1.165) is 0 Å². The molecule has 0 amide bonds. The summed E-state index contributed by atoms with van der Waals surface area (Å²) in [7, 11) is 0. The Morgan fingerprint density at radius 2 is 0.544 bits per heavy atom. The van der Waals surface area contributed by atoms with E-state index in [1.807, 2.05) is 0 Å². The molecule has 1 fully saturated rings. The summed E-state index contributed by atoms with van der Waals surface area (Å²) >= 11 is 0. The van der Waals surface area contributed by atoms with E-state index in [4.69, 9.17) is 18.6 Å². The molecule has 0 bridgehead atoms. The van der Waals surface area contributed by atoms with Gasteiger partial charge in [-0.3, -0.25) is 0 Å². The lowest BCUT2D eigenvalue weighted by Crippen LogP contribution is -2.78. The minimum Gasteiger partial charge on any atom is -0.616 e. The summed E-state index contributed by atoms with van der Waals surface area (Å²) in [5.74, 6) is -28.9. The van der Waals surface area contributed by atoms with Crippen LogP contribution in [0, 0.1) is 58.2 Å². The van der Waals surface area contributed by atoms with Crippen LogP contribution in [-0.2, 0) is 0 Å². The van der Waals surface area contributed by atoms with Crippen LogP contribution in [0.3, 0.4) is 0 Å². The van der Waals surface area contributed by atoms with Gasteiger partial charge in [0, 0.05) is 47.2 Å². The highest BCUT2D eigenvalue weighted by atomic mass is 19.2. The fourth-order valence-electron chi connectivity index (χ4n) is 10.2. The van der Waals surface area contributed by atoms with Gasteiger partial charge in [-0.1, -0.05) is 84.9 Å². The second-order valence-electron chi connectivity index (χ2n) is 16.8. The van der Waals surface area contributed by atoms with Gasteiger partial charge in [0.05, 0.1) is 0 Å². The normalized spacial score (nSPS) is 19.4. The van der Waals surface area contributed by atoms with Gasteiger partial charge in [0.2, 0.25) is 11.6 Å². The molecule has 6 aromatic carbocycles. The molecule has 3 aliphatic rings. The average Bonchev–Trinajstić information content (AvgIpc) is 3.98. The number of hydrogen-bond donors (Lipinski definition) is 0. The quantitative estimate of drug-likeness (QED) is 0.0660. The number of aromatic nitrogens is 2. The highest BCUT2D eigenvalue weighted by molar-refractivity contribution is 6.76. The molecule has 68 heavy (non-hydrogen) atoms. The fourth-order valence-corrected chi connectivity index (χ4v) is 10.2. The van der Waals surface area contributed by atoms with E-state index in [9.17, 15) is 8.78 Å². The maximum atomic E-state index is 16.3. The highest BCUT2D eigenvalue weighted by Gasteiger charge is 2.59. The van der Waals surface area contributed by atoms with Crippen molar-refractivity contribution >= 4 is 24.3 Å². The Kier molecular flexibility index (Phi) is 10.1. The molecule has 8 aromatic rings. The van der Waals surface area contributed by atoms with Crippen molar-refractivity contribution in [1.29, 1.82) is 0 Å². The molecule has 0 radical (unpaired) electrons. The summed E-state index contributed by atoms with van der Waals surface area (Å²) in [6.45, 7) is -5.26. The fraction of sp³-hybridized carbons (Fsp3) is 0.0800. The van der Waals surface area contributed by atoms with Crippen LogP contribution in [0.15, 0.2) is 158 Å². The van der Waals surface area contributed by atoms with Crippen LogP contribution < -0.4 is 38.5 Å². The lowest BCUT2D eigenvalue weighted by molar-refractivity contribution is -0.566. The van der Waals surface area contributed by atoms with Gasteiger partial charge in [0.15, 0.2) is 46.5 Å². The predicted octanol–water partition coefficient (Wildman–Crippen LogP) is 9.43. The van der Waals surface area contributed by atoms with Crippen molar-refractivity contribution < 1.29 is 71.5 Å². The number of halogens is 10. The van der Waals surface area contributed by atoms with Crippen molar-refractivity contribution in [2.45, 2.75) is 23.7 Å². The number of nitrogens with zero attached hydrogens (tertiary/aromatic N) is 2. The number of rotatable bonds is 8. The van der Waals surface area contributed by atoms with Crippen molar-refractivity contribution in [3.63, 3.8) is 0 Å². The molecule has 0 spiro atoms. The molecule has 0 unspecified atom stereocenters. The molecule has 0 saturated heterocycles. The molecule has 2 aliphatic heterocycles. The third kappa shape index (κ3) is 6.29. The first-order valence-corrected chi connectivity index (χ1v) is 21.2. The minimum absolute atomic E-state index is 0.0437. The third-order valence-electron chi connectivity index (χ3n) is 13.3. The van der Waals surface area contributed by atoms with Gasteiger partial charge in [0.25, 0.3) is 0 Å². The van der Waals surface area contributed by atoms with Crippen LogP contribution in [0.1, 0.15) is 45.9 Å². The van der Waals surface area contributed by atoms with E-state index in [2.05, 4.69) is 0 Å². The van der Waals surface area contributed by atoms with E-state index in [0.29, 0.717) is 33.9 Å². The highest BCUT2D eigenvalue weighted by Crippen LogP contribution is 2.68. The molecular formula is C50H30B2F10N2O4. The molecule has 18 heteroatoms. The smallest absolute Gasteiger partial charge is 0.616 e. The SMILES string of the molecule is Fc1c(F)c(F)c(C2C(c3cc[n+]([B-]4(c5ccccc5)Oc5ccccc5O4)cc3)C(c3c(F)c(F)c(F)c(F)c3F)C2c2cc[n+]([B-]3(c4ccccc4)Oc4ccccc4O3)cc2)c(F)c1F. The van der Waals surface area contributed by atoms with E-state index in [1.54, 1.807) is 109 Å². The number of fused-ring (bicyclic) bond motifs is 2. The Morgan fingerprint density at radius 1 is 0.294 bits per heavy atom. The van der Waals surface area contributed by atoms with Crippen molar-refractivity contribution in [2.75, 3.05) is 0 Å². The first-order chi connectivity index (χ1) is 32.8. The number of para-hydroxylation sites is 4. The summed E-state index contributed by atoms with van der Waals surface area (Å²) < 4.78 is 185. The average molecular weight is 934 g/mol. The number of hydrogen-bond acceptors (Lipinski definition) is 4. The Bertz CT molecular complexity index is 2970. The molecule has 1 aliphatic carbocycles. The molecule has 4 heterocycles. The Morgan fingerprint density at radius 3 is 0.824 bits per heavy atom. The van der Waals surface area contributed by atoms with Crippen molar-refractivity contribution in [3.05, 3.63) is 239 Å². The Hall–Kier alpha value is -7.75. The van der Waals surface area contributed by atoms with E-state index >= 15 is 35.1 Å². The van der Waals surface area contributed by atoms with Crippen molar-refractivity contribution in [3.8, 4) is 23.0 Å². The second kappa shape index (κ2) is 16.0. The number of pyridine rings is 2. The van der Waals surface area contributed by atoms with Crippen LogP contribution >= 0.6 is 0 Å². The largest absolute Gasteiger partial charge is 0.684 e. The van der Waals surface area contributed by atoms with Crippen LogP contribution in [0.4, 0.5) is 43.9 Å². The van der Waals surface area contributed by atoms with Crippen molar-refractivity contribution in [1.82, 2.24) is 0 Å². The zero-order chi connectivity index (χ0) is 47.2. The minimum atomic E-state index is -2.63. The standard InChI is InChI=1S/C50H30B2F10N2O4/c53-41-39(42(54)46(58)49(61)45(41)57)37-35(27-19-23-63(24-20-27)51(29-11-3-1-4-12-29)65-31-15-7-8-16-32(31)66-51)38(40-43(55)47(59)50(62)48(60)44(40)56)36(37)28-21-25-64(26-22-28)52(30-13-5-2-6-14-30)67-33-17-9-10-18-34(33)68-52/h1-26,35-38H. The monoisotopic (exact) mass is 934 g/mol. The zero-order valence-electron chi connectivity index (χ0n) is 34.8. The molecule has 6 nitrogen and oxygen atoms in total. The van der Waals surface area contributed by atoms with Gasteiger partial charge >= 0.3 is 13.4 Å². The molecule has 2 aromatic heterocycles. The topological polar surface area (TPSA) is 44.7 Å². The maximum absolute atomic E-state index is 16.3. The van der Waals surface area contributed by atoms with E-state index in [1.165, 1.54) is 58.0 Å². The van der Waals surface area contributed by atoms with Crippen LogP contribution in [-0.4, -0.2) is 13.4 Å². The Labute approximate surface area is 380 Å². The van der Waals surface area contributed by atoms with E-state index < -0.39 is 106 Å². The molecule has 340 valence electrons. The van der Waals surface area contributed by atoms with Crippen molar-refractivity contribution in [2.24, 2.45) is 0 Å². The summed E-state index contributed by atoms with van der Waals surface area (Å²) in [6, 6.07) is 36.3. The van der Waals surface area contributed by atoms with Crippen LogP contribution in [0.5, 0.6) is 23.0 Å². The molecule has 0 N–H and O–H groups in total. The van der Waals surface area contributed by atoms with Gasteiger partial charge in [-0.05, 0) is 58.2 Å². The first kappa shape index (κ1) is 42.9. The van der Waals surface area contributed by atoms with Gasteiger partial charge in [0.1, 0.15) is 47.8 Å². The molecule has 0 atom stereocenters. The van der Waals surface area contributed by atoms with Crippen LogP contribution in [0.25, 0.3) is 0 Å². The lowest BCUT2D eigenvalue weighted by Gasteiger charge is -2.53. The first-order valence-electron chi connectivity index (χ1n) is 21.2. The third-order valence-corrected chi connectivity index (χ3v) is 13.3. The lowest BCUT2D eigenvalue weighted by atomic mass is 9.49. The molecule has 11 rings (SSSR count). The molecule has 1 saturated carbocycles. The zero-order valence-corrected chi connectivity index (χ0v) is 34.8. The maximum Gasteiger partial charge on any atom is 0.684 e. The van der Waals surface area contributed by atoms with Gasteiger partial charge in [-0.15, -0.1) is 0 Å². The second-order valence-corrected chi connectivity index (χ2v) is 16.8.